The van der Waals surface area contributed by atoms with Crippen LogP contribution in [0, 0.1) is 0 Å². The molecule has 8 atom stereocenters. The maximum absolute atomic E-state index is 14.9. The first-order valence-corrected chi connectivity index (χ1v) is 21.4. The SMILES string of the molecule is COc1ccc(C(=O)c2ccc(OC)cc2N2CC[C@@H](Nc3ncnc4c3ncn4[C@@H]3O[C@H](CO)C[C@H]3O)C2)c(N2CC[C@@H](Nc3ncnc4c3ncn4[C@@H]3O[C@H](CO)C[C@H]3O)C2)c1. The molecule has 10 rings (SSSR count). The van der Waals surface area contributed by atoms with Gasteiger partial charge >= 0.3 is 0 Å². The number of carbonyl (C=O) groups excluding carboxylic acids is 1. The first-order valence-electron chi connectivity index (χ1n) is 21.4. The lowest BCUT2D eigenvalue weighted by Gasteiger charge is -2.25. The molecule has 2 aromatic carbocycles. The number of aliphatic hydroxyl groups is 4. The third-order valence-electron chi connectivity index (χ3n) is 12.6. The van der Waals surface area contributed by atoms with Gasteiger partial charge in [-0.3, -0.25) is 13.9 Å². The number of nitrogens with one attached hydrogen (secondary N) is 2. The first-order chi connectivity index (χ1) is 31.2. The molecule has 4 saturated heterocycles. The Morgan fingerprint density at radius 1 is 0.688 bits per heavy atom. The topological polar surface area (TPSA) is 253 Å². The average molecular weight is 879 g/mol. The maximum Gasteiger partial charge on any atom is 0.197 e. The second-order valence-electron chi connectivity index (χ2n) is 16.6. The normalized spacial score (nSPS) is 25.8. The number of nitrogens with zero attached hydrogens (tertiary/aromatic N) is 10. The summed E-state index contributed by atoms with van der Waals surface area (Å²) >= 11 is 0. The summed E-state index contributed by atoms with van der Waals surface area (Å²) in [7, 11) is 3.21. The summed E-state index contributed by atoms with van der Waals surface area (Å²) in [6, 6.07) is 10.9. The van der Waals surface area contributed by atoms with Gasteiger partial charge in [0.25, 0.3) is 0 Å². The predicted molar refractivity (Wildman–Crippen MR) is 232 cm³/mol. The number of hydrogen-bond acceptors (Lipinski definition) is 19. The van der Waals surface area contributed by atoms with Crippen molar-refractivity contribution in [2.45, 2.75) is 74.6 Å². The van der Waals surface area contributed by atoms with Gasteiger partial charge in [0.05, 0.1) is 63.7 Å². The Balaban J connectivity index is 0.868. The van der Waals surface area contributed by atoms with Crippen molar-refractivity contribution in [2.75, 3.05) is 74.0 Å². The van der Waals surface area contributed by atoms with Crippen molar-refractivity contribution in [2.24, 2.45) is 0 Å². The summed E-state index contributed by atoms with van der Waals surface area (Å²) in [6.45, 7) is 2.04. The van der Waals surface area contributed by atoms with Crippen molar-refractivity contribution >= 4 is 51.1 Å². The fourth-order valence-corrected chi connectivity index (χ4v) is 9.39. The van der Waals surface area contributed by atoms with Crippen LogP contribution in [0.2, 0.25) is 0 Å². The van der Waals surface area contributed by atoms with Gasteiger partial charge in [-0.1, -0.05) is 0 Å². The van der Waals surface area contributed by atoms with Gasteiger partial charge in [0.2, 0.25) is 0 Å². The number of anilines is 4. The minimum absolute atomic E-state index is 0.0544. The predicted octanol–water partition coefficient (Wildman–Crippen LogP) is 1.88. The number of methoxy groups -OCH3 is 2. The van der Waals surface area contributed by atoms with Gasteiger partial charge in [0.1, 0.15) is 36.4 Å². The van der Waals surface area contributed by atoms with Crippen LogP contribution in [0.15, 0.2) is 61.7 Å². The third-order valence-corrected chi connectivity index (χ3v) is 12.6. The number of carbonyl (C=O) groups is 1. The number of hydrogen-bond donors (Lipinski definition) is 6. The second-order valence-corrected chi connectivity index (χ2v) is 16.6. The molecule has 4 fully saturated rings. The van der Waals surface area contributed by atoms with Crippen LogP contribution >= 0.6 is 0 Å². The zero-order valence-corrected chi connectivity index (χ0v) is 35.3. The van der Waals surface area contributed by atoms with E-state index in [0.717, 1.165) is 24.2 Å². The summed E-state index contributed by atoms with van der Waals surface area (Å²) in [4.78, 5) is 46.3. The minimum Gasteiger partial charge on any atom is -0.497 e. The molecule has 21 heteroatoms. The van der Waals surface area contributed by atoms with Crippen LogP contribution in [-0.2, 0) is 9.47 Å². The van der Waals surface area contributed by atoms with Crippen molar-refractivity contribution in [1.82, 2.24) is 39.0 Å². The summed E-state index contributed by atoms with van der Waals surface area (Å²) in [5, 5.41) is 47.6. The monoisotopic (exact) mass is 878 g/mol. The van der Waals surface area contributed by atoms with E-state index in [1.54, 1.807) is 48.1 Å². The van der Waals surface area contributed by atoms with E-state index in [0.29, 0.717) is 95.6 Å². The summed E-state index contributed by atoms with van der Waals surface area (Å²) in [6.07, 6.45) is 4.10. The van der Waals surface area contributed by atoms with E-state index in [1.165, 1.54) is 12.7 Å². The van der Waals surface area contributed by atoms with E-state index in [1.807, 2.05) is 24.3 Å². The fraction of sp³-hybridized carbons (Fsp3) is 0.465. The van der Waals surface area contributed by atoms with Gasteiger partial charge < -0.3 is 59.8 Å². The maximum atomic E-state index is 14.9. The standard InChI is InChI=1S/C43H50N12O9/c1-61-25-3-5-29(31(11-25)52-9-7-23(15-52)50-38-35-40(46-19-44-38)54(21-48-35)42-33(58)13-27(17-56)63-42)37(60)30-6-4-26(62-2)12-32(30)53-10-8-24(16-53)51-39-36-41(47-20-45-39)55(22-49-36)43-34(59)14-28(18-57)64-43/h3-6,11-12,19-24,27-28,33-34,42-43,56-59H,7-10,13-18H2,1-2H3,(H,44,46,50)(H,45,47,51)/t23-,24-,27+,28+,33-,34-,42-,43-/m1/s1. The molecular weight excluding hydrogens is 829 g/mol. The highest BCUT2D eigenvalue weighted by molar-refractivity contribution is 6.15. The van der Waals surface area contributed by atoms with E-state index in [9.17, 15) is 25.2 Å². The highest BCUT2D eigenvalue weighted by Crippen LogP contribution is 2.38. The van der Waals surface area contributed by atoms with E-state index < -0.39 is 36.9 Å². The van der Waals surface area contributed by atoms with Crippen LogP contribution < -0.4 is 29.9 Å². The number of imidazole rings is 2. The first kappa shape index (κ1) is 41.8. The summed E-state index contributed by atoms with van der Waals surface area (Å²) < 4.78 is 26.4. The molecule has 0 aliphatic carbocycles. The summed E-state index contributed by atoms with van der Waals surface area (Å²) in [5.41, 5.74) is 4.60. The zero-order valence-electron chi connectivity index (χ0n) is 35.3. The molecule has 4 aromatic heterocycles. The molecule has 8 heterocycles. The molecule has 0 spiro atoms. The van der Waals surface area contributed by atoms with Crippen LogP contribution in [0.5, 0.6) is 11.5 Å². The Labute approximate surface area is 366 Å². The molecule has 0 unspecified atom stereocenters. The van der Waals surface area contributed by atoms with Gasteiger partial charge in [-0.2, -0.15) is 0 Å². The third kappa shape index (κ3) is 7.66. The van der Waals surface area contributed by atoms with Crippen molar-refractivity contribution in [1.29, 1.82) is 0 Å². The van der Waals surface area contributed by atoms with Crippen LogP contribution in [0.3, 0.4) is 0 Å². The summed E-state index contributed by atoms with van der Waals surface area (Å²) in [5.74, 6) is 2.19. The van der Waals surface area contributed by atoms with E-state index >= 15 is 0 Å². The lowest BCUT2D eigenvalue weighted by atomic mass is 9.98. The van der Waals surface area contributed by atoms with Crippen LogP contribution in [0.1, 0.15) is 54.1 Å². The quantitative estimate of drug-likeness (QED) is 0.0855. The smallest absolute Gasteiger partial charge is 0.197 e. The van der Waals surface area contributed by atoms with Crippen molar-refractivity contribution in [3.63, 3.8) is 0 Å². The number of fused-ring (bicyclic) bond motifs is 2. The molecule has 6 aromatic rings. The second kappa shape index (κ2) is 17.4. The molecule has 64 heavy (non-hydrogen) atoms. The number of rotatable bonds is 14. The lowest BCUT2D eigenvalue weighted by Crippen LogP contribution is -2.29. The van der Waals surface area contributed by atoms with Gasteiger partial charge in [-0.15, -0.1) is 0 Å². The molecule has 336 valence electrons. The van der Waals surface area contributed by atoms with Gasteiger partial charge in [0.15, 0.2) is 52.2 Å². The molecule has 21 nitrogen and oxygen atoms in total. The lowest BCUT2D eigenvalue weighted by molar-refractivity contribution is -0.0486. The van der Waals surface area contributed by atoms with Gasteiger partial charge in [-0.25, -0.2) is 29.9 Å². The van der Waals surface area contributed by atoms with E-state index in [4.69, 9.17) is 18.9 Å². The molecule has 0 amide bonds. The molecule has 0 saturated carbocycles. The minimum atomic E-state index is -0.820. The van der Waals surface area contributed by atoms with Crippen LogP contribution in [-0.4, -0.2) is 155 Å². The number of ether oxygens (including phenoxy) is 4. The van der Waals surface area contributed by atoms with E-state index in [-0.39, 0.29) is 31.1 Å². The molecule has 4 aliphatic rings. The molecule has 0 bridgehead atoms. The average Bonchev–Trinajstić information content (AvgIpc) is 4.19. The Bertz CT molecular complexity index is 2490. The van der Waals surface area contributed by atoms with E-state index in [2.05, 4.69) is 50.3 Å². The fourth-order valence-electron chi connectivity index (χ4n) is 9.39. The Kier molecular flexibility index (Phi) is 11.3. The van der Waals surface area contributed by atoms with Crippen molar-refractivity contribution < 1.29 is 44.2 Å². The molecular formula is C43H50N12O9. The van der Waals surface area contributed by atoms with Crippen molar-refractivity contribution in [3.05, 3.63) is 72.8 Å². The largest absolute Gasteiger partial charge is 0.497 e. The molecule has 4 aliphatic heterocycles. The van der Waals surface area contributed by atoms with Crippen molar-refractivity contribution in [3.8, 4) is 11.5 Å². The number of benzene rings is 2. The van der Waals surface area contributed by atoms with Crippen LogP contribution in [0.25, 0.3) is 22.3 Å². The van der Waals surface area contributed by atoms with Gasteiger partial charge in [-0.05, 0) is 37.1 Å². The number of aromatic nitrogens is 8. The highest BCUT2D eigenvalue weighted by Gasteiger charge is 2.38. The van der Waals surface area contributed by atoms with Crippen LogP contribution in [0.4, 0.5) is 23.0 Å². The molecule has 0 radical (unpaired) electrons. The molecule has 6 N–H and O–H groups in total. The van der Waals surface area contributed by atoms with Gasteiger partial charge in [0, 0.05) is 74.4 Å². The number of aliphatic hydroxyl groups excluding tert-OH is 4. The Morgan fingerprint density at radius 2 is 1.14 bits per heavy atom. The number of ketones is 1. The Morgan fingerprint density at radius 3 is 1.55 bits per heavy atom. The zero-order chi connectivity index (χ0) is 44.1. The highest BCUT2D eigenvalue weighted by atomic mass is 16.5. The Hall–Kier alpha value is -6.23.